The van der Waals surface area contributed by atoms with Gasteiger partial charge in [0, 0.05) is 21.8 Å². The minimum Gasteiger partial charge on any atom is -0.364 e. The third-order valence-electron chi connectivity index (χ3n) is 2.28. The Morgan fingerprint density at radius 1 is 1.44 bits per heavy atom. The molecule has 0 saturated carbocycles. The maximum Gasteiger partial charge on any atom is 0.179 e. The third kappa shape index (κ3) is 3.09. The number of nitrogens with one attached hydrogen (secondary N) is 1. The predicted octanol–water partition coefficient (Wildman–Crippen LogP) is 2.92. The Morgan fingerprint density at radius 3 is 2.83 bits per heavy atom. The molecule has 2 rings (SSSR count). The van der Waals surface area contributed by atoms with E-state index in [9.17, 15) is 8.42 Å². The second kappa shape index (κ2) is 5.38. The normalized spacial score (nSPS) is 11.4. The van der Waals surface area contributed by atoms with Crippen LogP contribution in [0.2, 0.25) is 0 Å². The molecule has 0 saturated heterocycles. The molecule has 0 aliphatic carbocycles. The van der Waals surface area contributed by atoms with Crippen LogP contribution in [0.3, 0.4) is 0 Å². The van der Waals surface area contributed by atoms with Crippen LogP contribution in [0.5, 0.6) is 0 Å². The lowest BCUT2D eigenvalue weighted by Crippen LogP contribution is -2.07. The van der Waals surface area contributed by atoms with Gasteiger partial charge < -0.3 is 5.32 Å². The molecule has 96 valence electrons. The highest BCUT2D eigenvalue weighted by atomic mass is 79.9. The van der Waals surface area contributed by atoms with Crippen LogP contribution in [0.25, 0.3) is 0 Å². The van der Waals surface area contributed by atoms with Crippen molar-refractivity contribution in [2.45, 2.75) is 11.4 Å². The van der Waals surface area contributed by atoms with Gasteiger partial charge in [-0.2, -0.15) is 0 Å². The number of sulfone groups is 1. The molecule has 0 radical (unpaired) electrons. The van der Waals surface area contributed by atoms with Crippen molar-refractivity contribution in [3.63, 3.8) is 0 Å². The summed E-state index contributed by atoms with van der Waals surface area (Å²) >= 11 is 5.03. The molecular formula is C11H11BrN2O2S2. The van der Waals surface area contributed by atoms with Crippen LogP contribution >= 0.6 is 27.3 Å². The van der Waals surface area contributed by atoms with E-state index in [0.29, 0.717) is 12.4 Å². The van der Waals surface area contributed by atoms with Gasteiger partial charge in [-0.05, 0) is 39.5 Å². The molecule has 0 amide bonds. The van der Waals surface area contributed by atoms with Gasteiger partial charge in [0.2, 0.25) is 0 Å². The monoisotopic (exact) mass is 346 g/mol. The van der Waals surface area contributed by atoms with Gasteiger partial charge in [-0.3, -0.25) is 0 Å². The SMILES string of the molecule is CS(=O)(=O)c1cccnc1NCc1sccc1Br. The summed E-state index contributed by atoms with van der Waals surface area (Å²) in [6.45, 7) is 0.539. The van der Waals surface area contributed by atoms with Crippen LogP contribution in [-0.2, 0) is 16.4 Å². The van der Waals surface area contributed by atoms with E-state index >= 15 is 0 Å². The van der Waals surface area contributed by atoms with E-state index < -0.39 is 9.84 Å². The van der Waals surface area contributed by atoms with Gasteiger partial charge in [-0.25, -0.2) is 13.4 Å². The molecule has 0 fully saturated rings. The van der Waals surface area contributed by atoms with E-state index in [2.05, 4.69) is 26.2 Å². The first kappa shape index (κ1) is 13.5. The van der Waals surface area contributed by atoms with E-state index in [4.69, 9.17) is 0 Å². The van der Waals surface area contributed by atoms with Crippen molar-refractivity contribution in [2.24, 2.45) is 0 Å². The highest BCUT2D eigenvalue weighted by molar-refractivity contribution is 9.10. The average molecular weight is 347 g/mol. The quantitative estimate of drug-likeness (QED) is 0.924. The van der Waals surface area contributed by atoms with Gasteiger partial charge in [0.05, 0.1) is 6.54 Å². The van der Waals surface area contributed by atoms with Crippen molar-refractivity contribution in [1.82, 2.24) is 4.98 Å². The lowest BCUT2D eigenvalue weighted by Gasteiger charge is -2.08. The molecule has 2 aromatic heterocycles. The first-order chi connectivity index (χ1) is 8.48. The van der Waals surface area contributed by atoms with Gasteiger partial charge in [-0.15, -0.1) is 11.3 Å². The van der Waals surface area contributed by atoms with Crippen LogP contribution < -0.4 is 5.32 Å². The fraction of sp³-hybridized carbons (Fsp3) is 0.182. The number of nitrogens with zero attached hydrogens (tertiary/aromatic N) is 1. The Kier molecular flexibility index (Phi) is 4.04. The minimum atomic E-state index is -3.27. The van der Waals surface area contributed by atoms with Crippen molar-refractivity contribution in [1.29, 1.82) is 0 Å². The zero-order chi connectivity index (χ0) is 13.2. The molecule has 0 aliphatic heterocycles. The molecule has 0 spiro atoms. The number of rotatable bonds is 4. The van der Waals surface area contributed by atoms with Gasteiger partial charge in [-0.1, -0.05) is 0 Å². The summed E-state index contributed by atoms with van der Waals surface area (Å²) in [4.78, 5) is 5.39. The van der Waals surface area contributed by atoms with Crippen LogP contribution in [0.1, 0.15) is 4.88 Å². The molecule has 0 unspecified atom stereocenters. The second-order valence-corrected chi connectivity index (χ2v) is 7.51. The molecule has 0 bridgehead atoms. The fourth-order valence-electron chi connectivity index (χ4n) is 1.44. The van der Waals surface area contributed by atoms with Gasteiger partial charge in [0.1, 0.15) is 10.7 Å². The standard InChI is InChI=1S/C11H11BrN2O2S2/c1-18(15,16)10-3-2-5-13-11(10)14-7-9-8(12)4-6-17-9/h2-6H,7H2,1H3,(H,13,14). The number of halogens is 1. The zero-order valence-electron chi connectivity index (χ0n) is 9.55. The van der Waals surface area contributed by atoms with Crippen LogP contribution in [0, 0.1) is 0 Å². The van der Waals surface area contributed by atoms with Crippen molar-refractivity contribution in [2.75, 3.05) is 11.6 Å². The molecule has 0 aliphatic rings. The summed E-state index contributed by atoms with van der Waals surface area (Å²) in [5, 5.41) is 5.02. The summed E-state index contributed by atoms with van der Waals surface area (Å²) in [5.74, 6) is 0.389. The Hall–Kier alpha value is -0.920. The van der Waals surface area contributed by atoms with E-state index in [-0.39, 0.29) is 4.90 Å². The summed E-state index contributed by atoms with van der Waals surface area (Å²) in [6.07, 6.45) is 2.75. The molecule has 0 aromatic carbocycles. The Labute approximate surface area is 118 Å². The third-order valence-corrected chi connectivity index (χ3v) is 5.33. The summed E-state index contributed by atoms with van der Waals surface area (Å²) in [5.41, 5.74) is 0. The van der Waals surface area contributed by atoms with Crippen molar-refractivity contribution >= 4 is 42.9 Å². The molecule has 4 nitrogen and oxygen atoms in total. The number of pyridine rings is 1. The molecule has 2 aromatic rings. The average Bonchev–Trinajstić information content (AvgIpc) is 2.71. The zero-order valence-corrected chi connectivity index (χ0v) is 12.8. The summed E-state index contributed by atoms with van der Waals surface area (Å²) < 4.78 is 24.2. The molecule has 2 heterocycles. The topological polar surface area (TPSA) is 59.1 Å². The van der Waals surface area contributed by atoms with Gasteiger partial charge >= 0.3 is 0 Å². The van der Waals surface area contributed by atoms with E-state index in [1.165, 1.54) is 6.26 Å². The van der Waals surface area contributed by atoms with Gasteiger partial charge in [0.15, 0.2) is 9.84 Å². The first-order valence-corrected chi connectivity index (χ1v) is 8.65. The van der Waals surface area contributed by atoms with Crippen LogP contribution in [0.15, 0.2) is 39.1 Å². The lowest BCUT2D eigenvalue weighted by molar-refractivity contribution is 0.601. The number of hydrogen-bond acceptors (Lipinski definition) is 5. The maximum atomic E-state index is 11.6. The smallest absolute Gasteiger partial charge is 0.179 e. The van der Waals surface area contributed by atoms with E-state index in [0.717, 1.165) is 9.35 Å². The van der Waals surface area contributed by atoms with E-state index in [1.807, 2.05) is 11.4 Å². The molecule has 18 heavy (non-hydrogen) atoms. The van der Waals surface area contributed by atoms with Crippen molar-refractivity contribution in [3.05, 3.63) is 39.1 Å². The lowest BCUT2D eigenvalue weighted by atomic mass is 10.4. The largest absolute Gasteiger partial charge is 0.364 e. The maximum absolute atomic E-state index is 11.6. The van der Waals surface area contributed by atoms with E-state index in [1.54, 1.807) is 29.7 Å². The fourth-order valence-corrected chi connectivity index (χ4v) is 3.67. The number of aromatic nitrogens is 1. The molecule has 1 N–H and O–H groups in total. The highest BCUT2D eigenvalue weighted by Gasteiger charge is 2.14. The predicted molar refractivity (Wildman–Crippen MR) is 76.7 cm³/mol. The molecule has 7 heteroatoms. The Morgan fingerprint density at radius 2 is 2.22 bits per heavy atom. The minimum absolute atomic E-state index is 0.220. The number of thiophene rings is 1. The highest BCUT2D eigenvalue weighted by Crippen LogP contribution is 2.24. The van der Waals surface area contributed by atoms with Crippen molar-refractivity contribution < 1.29 is 8.42 Å². The molecular weight excluding hydrogens is 336 g/mol. The van der Waals surface area contributed by atoms with Crippen LogP contribution in [0.4, 0.5) is 5.82 Å². The Balaban J connectivity index is 2.23. The van der Waals surface area contributed by atoms with Gasteiger partial charge in [0.25, 0.3) is 0 Å². The number of anilines is 1. The Bertz CT molecular complexity index is 653. The van der Waals surface area contributed by atoms with Crippen LogP contribution in [-0.4, -0.2) is 19.7 Å². The summed E-state index contributed by atoms with van der Waals surface area (Å²) in [7, 11) is -3.27. The summed E-state index contributed by atoms with van der Waals surface area (Å²) in [6, 6.07) is 5.12. The second-order valence-electron chi connectivity index (χ2n) is 3.67. The first-order valence-electron chi connectivity index (χ1n) is 5.09. The van der Waals surface area contributed by atoms with Crippen molar-refractivity contribution in [3.8, 4) is 0 Å². The number of hydrogen-bond donors (Lipinski definition) is 1. The molecule has 0 atom stereocenters.